The second kappa shape index (κ2) is 19.2. The summed E-state index contributed by atoms with van der Waals surface area (Å²) in [7, 11) is 0. The number of rotatable bonds is 20. The van der Waals surface area contributed by atoms with Gasteiger partial charge >= 0.3 is 5.97 Å². The standard InChI is InChI=1S/C24H47N5O4/c1-4-5-6-7-8-9-10-11-12-15-21(30)28-20(17-18(2)3)22(31)29-19(23(32)33)14-13-16-27-24(25)26/h18-20H,4-17H2,1-3H3,(H,28,30)(H,29,31)(H,32,33)(H4,25,26,27)/t19-,20-/m0/s1. The van der Waals surface area contributed by atoms with Crippen LogP contribution in [0.25, 0.3) is 0 Å². The van der Waals surface area contributed by atoms with Crippen molar-refractivity contribution in [3.8, 4) is 0 Å². The maximum absolute atomic E-state index is 12.7. The summed E-state index contributed by atoms with van der Waals surface area (Å²) in [6, 6.07) is -1.82. The zero-order chi connectivity index (χ0) is 25.1. The first-order chi connectivity index (χ1) is 15.7. The van der Waals surface area contributed by atoms with E-state index in [1.165, 1.54) is 38.5 Å². The molecule has 0 radical (unpaired) electrons. The number of unbranched alkanes of at least 4 members (excludes halogenated alkanes) is 8. The van der Waals surface area contributed by atoms with E-state index >= 15 is 0 Å². The molecule has 9 heteroatoms. The van der Waals surface area contributed by atoms with Crippen LogP contribution in [0.2, 0.25) is 0 Å². The molecule has 0 aromatic carbocycles. The van der Waals surface area contributed by atoms with E-state index in [0.717, 1.165) is 19.3 Å². The quantitative estimate of drug-likeness (QED) is 0.0912. The van der Waals surface area contributed by atoms with Gasteiger partial charge in [0.25, 0.3) is 0 Å². The van der Waals surface area contributed by atoms with Crippen LogP contribution in [0, 0.1) is 11.3 Å². The molecule has 0 heterocycles. The minimum atomic E-state index is -1.13. The molecular weight excluding hydrogens is 422 g/mol. The summed E-state index contributed by atoms with van der Waals surface area (Å²) in [6.45, 7) is 6.46. The maximum atomic E-state index is 12.7. The predicted molar refractivity (Wildman–Crippen MR) is 132 cm³/mol. The number of carbonyl (C=O) groups is 3. The van der Waals surface area contributed by atoms with Crippen molar-refractivity contribution < 1.29 is 19.5 Å². The largest absolute Gasteiger partial charge is 0.480 e. The Morgan fingerprint density at radius 2 is 1.45 bits per heavy atom. The van der Waals surface area contributed by atoms with Crippen LogP contribution in [0.1, 0.15) is 104 Å². The average Bonchev–Trinajstić information content (AvgIpc) is 2.73. The Morgan fingerprint density at radius 1 is 0.879 bits per heavy atom. The van der Waals surface area contributed by atoms with Crippen molar-refractivity contribution in [2.45, 2.75) is 116 Å². The van der Waals surface area contributed by atoms with Gasteiger partial charge in [-0.3, -0.25) is 15.0 Å². The summed E-state index contributed by atoms with van der Waals surface area (Å²) >= 11 is 0. The van der Waals surface area contributed by atoms with E-state index in [2.05, 4.69) is 22.9 Å². The van der Waals surface area contributed by atoms with E-state index in [-0.39, 0.29) is 24.2 Å². The Hall–Kier alpha value is -2.32. The molecule has 0 saturated carbocycles. The number of carbonyl (C=O) groups excluding carboxylic acids is 2. The van der Waals surface area contributed by atoms with Gasteiger partial charge in [-0.2, -0.15) is 0 Å². The van der Waals surface area contributed by atoms with Crippen molar-refractivity contribution >= 4 is 23.7 Å². The minimum absolute atomic E-state index is 0.164. The van der Waals surface area contributed by atoms with Crippen molar-refractivity contribution in [1.29, 1.82) is 5.41 Å². The molecule has 0 saturated heterocycles. The van der Waals surface area contributed by atoms with Gasteiger partial charge in [-0.15, -0.1) is 0 Å². The second-order valence-corrected chi connectivity index (χ2v) is 9.21. The van der Waals surface area contributed by atoms with Crippen LogP contribution in [0.3, 0.4) is 0 Å². The second-order valence-electron chi connectivity index (χ2n) is 9.21. The van der Waals surface area contributed by atoms with Gasteiger partial charge in [0.1, 0.15) is 12.1 Å². The molecule has 0 aliphatic carbocycles. The zero-order valence-corrected chi connectivity index (χ0v) is 20.9. The number of nitrogens with two attached hydrogens (primary N) is 1. The summed E-state index contributed by atoms with van der Waals surface area (Å²) in [6.07, 6.45) is 11.9. The minimum Gasteiger partial charge on any atom is -0.480 e. The van der Waals surface area contributed by atoms with Crippen molar-refractivity contribution in [2.75, 3.05) is 6.54 Å². The van der Waals surface area contributed by atoms with Gasteiger partial charge in [0.05, 0.1) is 0 Å². The fraction of sp³-hybridized carbons (Fsp3) is 0.833. The summed E-state index contributed by atoms with van der Waals surface area (Å²) in [5.41, 5.74) is 5.21. The highest BCUT2D eigenvalue weighted by atomic mass is 16.4. The van der Waals surface area contributed by atoms with Crippen LogP contribution >= 0.6 is 0 Å². The highest BCUT2D eigenvalue weighted by Gasteiger charge is 2.26. The van der Waals surface area contributed by atoms with Gasteiger partial charge in [0.15, 0.2) is 5.96 Å². The van der Waals surface area contributed by atoms with Gasteiger partial charge < -0.3 is 26.8 Å². The van der Waals surface area contributed by atoms with Crippen LogP contribution in [-0.4, -0.2) is 47.5 Å². The number of guanidine groups is 1. The molecule has 192 valence electrons. The van der Waals surface area contributed by atoms with Crippen molar-refractivity contribution in [2.24, 2.45) is 11.7 Å². The Labute approximate surface area is 199 Å². The SMILES string of the molecule is CCCCCCCCCCCC(=O)N[C@@H](CC(C)C)C(=O)N[C@@H](CCCNC(=N)N)C(=O)O. The molecule has 7 N–H and O–H groups in total. The third-order valence-electron chi connectivity index (χ3n) is 5.47. The van der Waals surface area contributed by atoms with Crippen molar-refractivity contribution in [1.82, 2.24) is 16.0 Å². The monoisotopic (exact) mass is 469 g/mol. The molecular formula is C24H47N5O4. The van der Waals surface area contributed by atoms with Crippen LogP contribution in [0.15, 0.2) is 0 Å². The van der Waals surface area contributed by atoms with E-state index < -0.39 is 24.0 Å². The van der Waals surface area contributed by atoms with E-state index in [1.54, 1.807) is 0 Å². The topological polar surface area (TPSA) is 157 Å². The molecule has 0 aromatic heterocycles. The Morgan fingerprint density at radius 3 is 1.97 bits per heavy atom. The molecule has 33 heavy (non-hydrogen) atoms. The number of aliphatic carboxylic acids is 1. The third-order valence-corrected chi connectivity index (χ3v) is 5.47. The van der Waals surface area contributed by atoms with Gasteiger partial charge in [-0.05, 0) is 31.6 Å². The summed E-state index contributed by atoms with van der Waals surface area (Å²) in [4.78, 5) is 36.7. The molecule has 0 fully saturated rings. The van der Waals surface area contributed by atoms with Crippen LogP contribution in [-0.2, 0) is 14.4 Å². The number of nitrogens with one attached hydrogen (secondary N) is 4. The first-order valence-electron chi connectivity index (χ1n) is 12.6. The number of carboxylic acid groups (broad SMARTS) is 1. The molecule has 0 aliphatic rings. The van der Waals surface area contributed by atoms with Crippen molar-refractivity contribution in [3.63, 3.8) is 0 Å². The molecule has 0 aliphatic heterocycles. The lowest BCUT2D eigenvalue weighted by atomic mass is 10.0. The van der Waals surface area contributed by atoms with Gasteiger partial charge in [-0.25, -0.2) is 4.79 Å². The first-order valence-corrected chi connectivity index (χ1v) is 12.6. The van der Waals surface area contributed by atoms with Crippen molar-refractivity contribution in [3.05, 3.63) is 0 Å². The highest BCUT2D eigenvalue weighted by Crippen LogP contribution is 2.11. The number of hydrogen-bond acceptors (Lipinski definition) is 4. The van der Waals surface area contributed by atoms with Gasteiger partial charge in [0, 0.05) is 13.0 Å². The third kappa shape index (κ3) is 17.9. The predicted octanol–water partition coefficient (Wildman–Crippen LogP) is 3.27. The van der Waals surface area contributed by atoms with Crippen LogP contribution in [0.4, 0.5) is 0 Å². The molecule has 0 spiro atoms. The van der Waals surface area contributed by atoms with Gasteiger partial charge in [-0.1, -0.05) is 72.1 Å². The number of carboxylic acids is 1. The van der Waals surface area contributed by atoms with Crippen LogP contribution < -0.4 is 21.7 Å². The Bertz CT molecular complexity index is 583. The lowest BCUT2D eigenvalue weighted by Crippen LogP contribution is -2.52. The fourth-order valence-corrected chi connectivity index (χ4v) is 3.62. The lowest BCUT2D eigenvalue weighted by Gasteiger charge is -2.23. The molecule has 0 rings (SSSR count). The van der Waals surface area contributed by atoms with E-state index in [4.69, 9.17) is 11.1 Å². The Kier molecular flexibility index (Phi) is 17.8. The molecule has 2 amide bonds. The van der Waals surface area contributed by atoms with E-state index in [1.807, 2.05) is 13.8 Å². The summed E-state index contributed by atoms with van der Waals surface area (Å²) in [5, 5.41) is 24.5. The number of amides is 2. The smallest absolute Gasteiger partial charge is 0.326 e. The normalized spacial score (nSPS) is 12.7. The van der Waals surface area contributed by atoms with Crippen LogP contribution in [0.5, 0.6) is 0 Å². The molecule has 0 unspecified atom stereocenters. The lowest BCUT2D eigenvalue weighted by molar-refractivity contribution is -0.142. The molecule has 0 aromatic rings. The highest BCUT2D eigenvalue weighted by molar-refractivity contribution is 5.90. The first kappa shape index (κ1) is 30.7. The van der Waals surface area contributed by atoms with Gasteiger partial charge in [0.2, 0.25) is 11.8 Å². The summed E-state index contributed by atoms with van der Waals surface area (Å²) < 4.78 is 0. The fourth-order valence-electron chi connectivity index (χ4n) is 3.62. The zero-order valence-electron chi connectivity index (χ0n) is 20.9. The Balaban J connectivity index is 4.45. The molecule has 2 atom stereocenters. The molecule has 0 bridgehead atoms. The average molecular weight is 470 g/mol. The van der Waals surface area contributed by atoms with E-state index in [0.29, 0.717) is 25.8 Å². The summed E-state index contributed by atoms with van der Waals surface area (Å²) in [5.74, 6) is -1.79. The van der Waals surface area contributed by atoms with E-state index in [9.17, 15) is 19.5 Å². The molecule has 9 nitrogen and oxygen atoms in total. The number of hydrogen-bond donors (Lipinski definition) is 6. The maximum Gasteiger partial charge on any atom is 0.326 e.